The monoisotopic (exact) mass is 354 g/mol. The standard InChI is InChI=1S/C17H17BrF2O/c1-17(2,12-3-5-14(19)6-4-12)16(21)9-11-7-13(18)10-15(20)8-11/h3-8,10,16,21H,9H2,1-2H3. The van der Waals surface area contributed by atoms with Crippen LogP contribution in [0.2, 0.25) is 0 Å². The van der Waals surface area contributed by atoms with E-state index < -0.39 is 11.5 Å². The van der Waals surface area contributed by atoms with Gasteiger partial charge in [0.05, 0.1) is 6.10 Å². The van der Waals surface area contributed by atoms with Gasteiger partial charge in [0.1, 0.15) is 11.6 Å². The predicted molar refractivity (Wildman–Crippen MR) is 83.2 cm³/mol. The summed E-state index contributed by atoms with van der Waals surface area (Å²) in [5, 5.41) is 10.5. The van der Waals surface area contributed by atoms with Gasteiger partial charge in [-0.2, -0.15) is 0 Å². The van der Waals surface area contributed by atoms with E-state index in [1.807, 2.05) is 13.8 Å². The third-order valence-corrected chi connectivity index (χ3v) is 4.23. The summed E-state index contributed by atoms with van der Waals surface area (Å²) in [6.07, 6.45) is -0.391. The molecule has 0 saturated carbocycles. The maximum absolute atomic E-state index is 13.4. The zero-order valence-electron chi connectivity index (χ0n) is 11.9. The van der Waals surface area contributed by atoms with Crippen LogP contribution in [0.4, 0.5) is 8.78 Å². The minimum atomic E-state index is -0.711. The molecule has 2 rings (SSSR count). The molecule has 0 aliphatic rings. The Morgan fingerprint density at radius 2 is 1.67 bits per heavy atom. The largest absolute Gasteiger partial charge is 0.392 e. The zero-order valence-corrected chi connectivity index (χ0v) is 13.5. The van der Waals surface area contributed by atoms with Gasteiger partial charge in [-0.25, -0.2) is 8.78 Å². The van der Waals surface area contributed by atoms with Gasteiger partial charge in [0.2, 0.25) is 0 Å². The zero-order chi connectivity index (χ0) is 15.6. The van der Waals surface area contributed by atoms with Crippen LogP contribution in [0.3, 0.4) is 0 Å². The van der Waals surface area contributed by atoms with Gasteiger partial charge in [-0.05, 0) is 47.9 Å². The molecule has 21 heavy (non-hydrogen) atoms. The Bertz CT molecular complexity index is 603. The fraction of sp³-hybridized carbons (Fsp3) is 0.294. The van der Waals surface area contributed by atoms with Gasteiger partial charge in [0, 0.05) is 9.89 Å². The summed E-state index contributed by atoms with van der Waals surface area (Å²) >= 11 is 3.24. The summed E-state index contributed by atoms with van der Waals surface area (Å²) in [6.45, 7) is 3.78. The van der Waals surface area contributed by atoms with Gasteiger partial charge in [0.25, 0.3) is 0 Å². The lowest BCUT2D eigenvalue weighted by atomic mass is 9.77. The van der Waals surface area contributed by atoms with Crippen molar-refractivity contribution in [3.63, 3.8) is 0 Å². The van der Waals surface area contributed by atoms with Gasteiger partial charge in [0.15, 0.2) is 0 Å². The molecule has 0 aromatic heterocycles. The molecule has 0 radical (unpaired) electrons. The van der Waals surface area contributed by atoms with Crippen molar-refractivity contribution in [2.24, 2.45) is 0 Å². The fourth-order valence-electron chi connectivity index (χ4n) is 2.28. The Hall–Kier alpha value is -1.26. The molecule has 0 spiro atoms. The molecule has 0 aliphatic heterocycles. The minimum Gasteiger partial charge on any atom is -0.392 e. The highest BCUT2D eigenvalue weighted by Crippen LogP contribution is 2.30. The number of rotatable bonds is 4. The summed E-state index contributed by atoms with van der Waals surface area (Å²) in [7, 11) is 0. The highest BCUT2D eigenvalue weighted by atomic mass is 79.9. The number of benzene rings is 2. The van der Waals surface area contributed by atoms with Crippen molar-refractivity contribution in [3.05, 3.63) is 69.7 Å². The molecular formula is C17H17BrF2O. The normalized spacial score (nSPS) is 13.2. The molecule has 2 aromatic rings. The van der Waals surface area contributed by atoms with E-state index in [0.717, 1.165) is 5.56 Å². The third kappa shape index (κ3) is 3.89. The van der Waals surface area contributed by atoms with E-state index in [0.29, 0.717) is 16.5 Å². The molecule has 112 valence electrons. The summed E-state index contributed by atoms with van der Waals surface area (Å²) in [5.41, 5.74) is 0.989. The molecule has 1 unspecified atom stereocenters. The molecule has 0 amide bonds. The first-order chi connectivity index (χ1) is 9.79. The van der Waals surface area contributed by atoms with E-state index in [-0.39, 0.29) is 11.6 Å². The Labute approximate surface area is 131 Å². The molecule has 1 nitrogen and oxygen atoms in total. The molecular weight excluding hydrogens is 338 g/mol. The lowest BCUT2D eigenvalue weighted by molar-refractivity contribution is 0.0999. The molecule has 4 heteroatoms. The van der Waals surface area contributed by atoms with Crippen molar-refractivity contribution in [1.29, 1.82) is 0 Å². The van der Waals surface area contributed by atoms with Crippen molar-refractivity contribution < 1.29 is 13.9 Å². The average molecular weight is 355 g/mol. The Balaban J connectivity index is 2.21. The van der Waals surface area contributed by atoms with E-state index in [1.165, 1.54) is 24.3 Å². The van der Waals surface area contributed by atoms with Crippen molar-refractivity contribution in [3.8, 4) is 0 Å². The van der Waals surface area contributed by atoms with Gasteiger partial charge >= 0.3 is 0 Å². The smallest absolute Gasteiger partial charge is 0.124 e. The second-order valence-corrected chi connectivity index (χ2v) is 6.64. The van der Waals surface area contributed by atoms with Crippen molar-refractivity contribution in [2.45, 2.75) is 31.8 Å². The molecule has 0 fully saturated rings. The maximum atomic E-state index is 13.4. The third-order valence-electron chi connectivity index (χ3n) is 3.77. The topological polar surface area (TPSA) is 20.2 Å². The number of hydrogen-bond acceptors (Lipinski definition) is 1. The molecule has 0 saturated heterocycles. The van der Waals surface area contributed by atoms with Crippen LogP contribution in [0, 0.1) is 11.6 Å². The van der Waals surface area contributed by atoms with E-state index in [2.05, 4.69) is 15.9 Å². The van der Waals surface area contributed by atoms with Gasteiger partial charge < -0.3 is 5.11 Å². The Morgan fingerprint density at radius 3 is 2.24 bits per heavy atom. The lowest BCUT2D eigenvalue weighted by Gasteiger charge is -2.31. The SMILES string of the molecule is CC(C)(c1ccc(F)cc1)C(O)Cc1cc(F)cc(Br)c1. The number of halogens is 3. The molecule has 0 bridgehead atoms. The van der Waals surface area contributed by atoms with E-state index >= 15 is 0 Å². The second kappa shape index (κ2) is 6.24. The van der Waals surface area contributed by atoms with Crippen LogP contribution in [0.25, 0.3) is 0 Å². The molecule has 1 atom stereocenters. The van der Waals surface area contributed by atoms with Gasteiger partial charge in [-0.1, -0.05) is 41.9 Å². The highest BCUT2D eigenvalue weighted by Gasteiger charge is 2.30. The number of hydrogen-bond donors (Lipinski definition) is 1. The first-order valence-electron chi connectivity index (χ1n) is 6.68. The number of aliphatic hydroxyl groups excluding tert-OH is 1. The van der Waals surface area contributed by atoms with E-state index in [1.54, 1.807) is 18.2 Å². The Morgan fingerprint density at radius 1 is 1.05 bits per heavy atom. The van der Waals surface area contributed by atoms with Crippen LogP contribution in [0.5, 0.6) is 0 Å². The van der Waals surface area contributed by atoms with Crippen molar-refractivity contribution in [2.75, 3.05) is 0 Å². The average Bonchev–Trinajstić information content (AvgIpc) is 2.37. The lowest BCUT2D eigenvalue weighted by Crippen LogP contribution is -2.35. The maximum Gasteiger partial charge on any atom is 0.124 e. The van der Waals surface area contributed by atoms with Gasteiger partial charge in [-0.3, -0.25) is 0 Å². The van der Waals surface area contributed by atoms with Crippen LogP contribution in [0.15, 0.2) is 46.9 Å². The quantitative estimate of drug-likeness (QED) is 0.849. The van der Waals surface area contributed by atoms with Crippen LogP contribution >= 0.6 is 15.9 Å². The van der Waals surface area contributed by atoms with Crippen LogP contribution in [0.1, 0.15) is 25.0 Å². The minimum absolute atomic E-state index is 0.307. The van der Waals surface area contributed by atoms with Crippen LogP contribution in [-0.4, -0.2) is 11.2 Å². The summed E-state index contributed by atoms with van der Waals surface area (Å²) in [5.74, 6) is -0.649. The second-order valence-electron chi connectivity index (χ2n) is 5.73. The van der Waals surface area contributed by atoms with Crippen LogP contribution in [-0.2, 0) is 11.8 Å². The highest BCUT2D eigenvalue weighted by molar-refractivity contribution is 9.10. The molecule has 0 heterocycles. The first-order valence-corrected chi connectivity index (χ1v) is 7.47. The Kier molecular flexibility index (Phi) is 4.79. The van der Waals surface area contributed by atoms with E-state index in [9.17, 15) is 13.9 Å². The summed E-state index contributed by atoms with van der Waals surface area (Å²) in [6, 6.07) is 10.7. The van der Waals surface area contributed by atoms with Crippen molar-refractivity contribution in [1.82, 2.24) is 0 Å². The molecule has 0 aliphatic carbocycles. The first kappa shape index (κ1) is 16.1. The fourth-order valence-corrected chi connectivity index (χ4v) is 2.79. The molecule has 2 aromatic carbocycles. The number of aliphatic hydroxyl groups is 1. The summed E-state index contributed by atoms with van der Waals surface area (Å²) < 4.78 is 27.0. The van der Waals surface area contributed by atoms with Crippen LogP contribution < -0.4 is 0 Å². The van der Waals surface area contributed by atoms with E-state index in [4.69, 9.17) is 0 Å². The summed E-state index contributed by atoms with van der Waals surface area (Å²) in [4.78, 5) is 0. The van der Waals surface area contributed by atoms with Crippen molar-refractivity contribution >= 4 is 15.9 Å². The van der Waals surface area contributed by atoms with Gasteiger partial charge in [-0.15, -0.1) is 0 Å². The molecule has 1 N–H and O–H groups in total. The predicted octanol–water partition coefficient (Wildman–Crippen LogP) is 4.61.